The number of nitrogens with zero attached hydrogens (tertiary/aromatic N) is 1. The third-order valence-corrected chi connectivity index (χ3v) is 2.61. The minimum atomic E-state index is -0.538. The molecule has 1 saturated heterocycles. The van der Waals surface area contributed by atoms with Gasteiger partial charge in [0.05, 0.1) is 6.10 Å². The van der Waals surface area contributed by atoms with Crippen LogP contribution in [0.3, 0.4) is 0 Å². The zero-order valence-electron chi connectivity index (χ0n) is 8.36. The van der Waals surface area contributed by atoms with Crippen molar-refractivity contribution < 1.29 is 9.52 Å². The molecule has 4 nitrogen and oxygen atoms in total. The lowest BCUT2D eigenvalue weighted by Crippen LogP contribution is -2.28. The van der Waals surface area contributed by atoms with Gasteiger partial charge in [-0.1, -0.05) is 0 Å². The van der Waals surface area contributed by atoms with E-state index in [9.17, 15) is 5.11 Å². The summed E-state index contributed by atoms with van der Waals surface area (Å²) in [6.07, 6.45) is 3.29. The summed E-state index contributed by atoms with van der Waals surface area (Å²) in [4.78, 5) is 4.28. The van der Waals surface area contributed by atoms with Crippen molar-refractivity contribution in [3.05, 3.63) is 17.8 Å². The van der Waals surface area contributed by atoms with Crippen molar-refractivity contribution in [3.63, 3.8) is 0 Å². The van der Waals surface area contributed by atoms with Crippen LogP contribution in [0.4, 0.5) is 0 Å². The molecule has 2 unspecified atom stereocenters. The predicted molar refractivity (Wildman–Crippen MR) is 52.0 cm³/mol. The van der Waals surface area contributed by atoms with E-state index in [0.29, 0.717) is 11.6 Å². The van der Waals surface area contributed by atoms with Crippen molar-refractivity contribution in [2.45, 2.75) is 31.8 Å². The summed E-state index contributed by atoms with van der Waals surface area (Å²) in [5.41, 5.74) is 0.630. The average molecular weight is 196 g/mol. The van der Waals surface area contributed by atoms with Gasteiger partial charge in [0.25, 0.3) is 0 Å². The highest BCUT2D eigenvalue weighted by molar-refractivity contribution is 5.04. The number of aliphatic hydroxyl groups is 1. The molecule has 2 atom stereocenters. The third kappa shape index (κ3) is 1.96. The molecule has 1 aromatic rings. The van der Waals surface area contributed by atoms with E-state index >= 15 is 0 Å². The summed E-state index contributed by atoms with van der Waals surface area (Å²) >= 11 is 0. The lowest BCUT2D eigenvalue weighted by Gasteiger charge is -2.19. The molecule has 0 radical (unpaired) electrons. The fourth-order valence-corrected chi connectivity index (χ4v) is 1.74. The van der Waals surface area contributed by atoms with Crippen molar-refractivity contribution in [2.24, 2.45) is 0 Å². The Morgan fingerprint density at radius 1 is 1.71 bits per heavy atom. The Hall–Kier alpha value is -0.870. The Labute approximate surface area is 83.3 Å². The molecule has 0 bridgehead atoms. The van der Waals surface area contributed by atoms with Crippen LogP contribution in [-0.2, 0) is 0 Å². The number of nitrogens with one attached hydrogen (secondary N) is 1. The van der Waals surface area contributed by atoms with Gasteiger partial charge in [-0.2, -0.15) is 0 Å². The van der Waals surface area contributed by atoms with Gasteiger partial charge in [-0.3, -0.25) is 0 Å². The number of piperidine rings is 1. The second-order valence-corrected chi connectivity index (χ2v) is 3.83. The molecule has 0 saturated carbocycles. The Balaban J connectivity index is 2.07. The van der Waals surface area contributed by atoms with Crippen LogP contribution in [0, 0.1) is 0 Å². The largest absolute Gasteiger partial charge is 0.448 e. The monoisotopic (exact) mass is 196 g/mol. The van der Waals surface area contributed by atoms with E-state index in [4.69, 9.17) is 4.42 Å². The Bertz CT molecular complexity index is 290. The minimum Gasteiger partial charge on any atom is -0.448 e. The standard InChI is InChI=1S/C10H16N2O2/c1-7(13)9-6-14-10(12-9)8-3-2-4-11-5-8/h6-8,11,13H,2-5H2,1H3. The van der Waals surface area contributed by atoms with E-state index in [1.165, 1.54) is 0 Å². The van der Waals surface area contributed by atoms with E-state index in [1.54, 1.807) is 13.2 Å². The molecule has 0 aliphatic carbocycles. The van der Waals surface area contributed by atoms with Gasteiger partial charge in [0.1, 0.15) is 12.0 Å². The lowest BCUT2D eigenvalue weighted by atomic mass is 10.00. The first-order valence-corrected chi connectivity index (χ1v) is 5.11. The normalized spacial score (nSPS) is 24.9. The summed E-state index contributed by atoms with van der Waals surface area (Å²) < 4.78 is 5.35. The second kappa shape index (κ2) is 4.11. The van der Waals surface area contributed by atoms with Crippen LogP contribution in [-0.4, -0.2) is 23.2 Å². The highest BCUT2D eigenvalue weighted by atomic mass is 16.3. The highest BCUT2D eigenvalue weighted by Crippen LogP contribution is 2.23. The van der Waals surface area contributed by atoms with Crippen LogP contribution in [0.1, 0.15) is 43.4 Å². The van der Waals surface area contributed by atoms with Gasteiger partial charge in [-0.15, -0.1) is 0 Å². The molecule has 1 aliphatic heterocycles. The Kier molecular flexibility index (Phi) is 2.84. The molecule has 1 aromatic heterocycles. The molecular weight excluding hydrogens is 180 g/mol. The van der Waals surface area contributed by atoms with E-state index in [-0.39, 0.29) is 0 Å². The maximum absolute atomic E-state index is 9.30. The van der Waals surface area contributed by atoms with Crippen LogP contribution in [0.5, 0.6) is 0 Å². The molecular formula is C10H16N2O2. The van der Waals surface area contributed by atoms with Gasteiger partial charge in [0.15, 0.2) is 5.89 Å². The fourth-order valence-electron chi connectivity index (χ4n) is 1.74. The maximum atomic E-state index is 9.30. The van der Waals surface area contributed by atoms with Gasteiger partial charge >= 0.3 is 0 Å². The molecule has 2 rings (SSSR count). The Morgan fingerprint density at radius 3 is 3.14 bits per heavy atom. The van der Waals surface area contributed by atoms with Crippen LogP contribution in [0.2, 0.25) is 0 Å². The zero-order chi connectivity index (χ0) is 9.97. The van der Waals surface area contributed by atoms with Gasteiger partial charge in [0.2, 0.25) is 0 Å². The zero-order valence-corrected chi connectivity index (χ0v) is 8.36. The van der Waals surface area contributed by atoms with Crippen molar-refractivity contribution in [1.29, 1.82) is 0 Å². The summed E-state index contributed by atoms with van der Waals surface area (Å²) in [7, 11) is 0. The van der Waals surface area contributed by atoms with E-state index in [0.717, 1.165) is 31.8 Å². The lowest BCUT2D eigenvalue weighted by molar-refractivity contribution is 0.194. The fraction of sp³-hybridized carbons (Fsp3) is 0.700. The number of rotatable bonds is 2. The first-order valence-electron chi connectivity index (χ1n) is 5.11. The number of hydrogen-bond acceptors (Lipinski definition) is 4. The van der Waals surface area contributed by atoms with Crippen LogP contribution < -0.4 is 5.32 Å². The quantitative estimate of drug-likeness (QED) is 0.746. The Morgan fingerprint density at radius 2 is 2.57 bits per heavy atom. The topological polar surface area (TPSA) is 58.3 Å². The third-order valence-electron chi connectivity index (χ3n) is 2.61. The van der Waals surface area contributed by atoms with Gasteiger partial charge in [-0.25, -0.2) is 4.98 Å². The number of hydrogen-bond donors (Lipinski definition) is 2. The summed E-state index contributed by atoms with van der Waals surface area (Å²) in [6, 6.07) is 0. The van der Waals surface area contributed by atoms with Crippen molar-refractivity contribution in [1.82, 2.24) is 10.3 Å². The number of aliphatic hydroxyl groups excluding tert-OH is 1. The summed E-state index contributed by atoms with van der Waals surface area (Å²) in [5.74, 6) is 1.13. The van der Waals surface area contributed by atoms with Gasteiger partial charge < -0.3 is 14.8 Å². The molecule has 2 heterocycles. The average Bonchev–Trinajstić information content (AvgIpc) is 2.68. The molecule has 4 heteroatoms. The number of oxazole rings is 1. The van der Waals surface area contributed by atoms with E-state index < -0.39 is 6.10 Å². The van der Waals surface area contributed by atoms with Crippen molar-refractivity contribution in [3.8, 4) is 0 Å². The molecule has 2 N–H and O–H groups in total. The smallest absolute Gasteiger partial charge is 0.198 e. The highest BCUT2D eigenvalue weighted by Gasteiger charge is 2.20. The maximum Gasteiger partial charge on any atom is 0.198 e. The van der Waals surface area contributed by atoms with Crippen LogP contribution in [0.25, 0.3) is 0 Å². The molecule has 78 valence electrons. The first-order chi connectivity index (χ1) is 6.77. The SMILES string of the molecule is CC(O)c1coc(C2CCCNC2)n1. The van der Waals surface area contributed by atoms with Gasteiger partial charge in [0, 0.05) is 12.5 Å². The molecule has 1 fully saturated rings. The van der Waals surface area contributed by atoms with E-state index in [1.807, 2.05) is 0 Å². The first kappa shape index (κ1) is 9.68. The van der Waals surface area contributed by atoms with Gasteiger partial charge in [-0.05, 0) is 26.3 Å². The van der Waals surface area contributed by atoms with Crippen LogP contribution in [0.15, 0.2) is 10.7 Å². The number of aromatic nitrogens is 1. The predicted octanol–water partition coefficient (Wildman–Crippen LogP) is 1.19. The molecule has 0 aromatic carbocycles. The minimum absolute atomic E-state index is 0.372. The van der Waals surface area contributed by atoms with Crippen molar-refractivity contribution >= 4 is 0 Å². The van der Waals surface area contributed by atoms with Crippen LogP contribution >= 0.6 is 0 Å². The summed E-state index contributed by atoms with van der Waals surface area (Å²) in [6.45, 7) is 3.71. The van der Waals surface area contributed by atoms with Crippen molar-refractivity contribution in [2.75, 3.05) is 13.1 Å². The molecule has 1 aliphatic rings. The van der Waals surface area contributed by atoms with E-state index in [2.05, 4.69) is 10.3 Å². The molecule has 14 heavy (non-hydrogen) atoms. The molecule has 0 amide bonds. The second-order valence-electron chi connectivity index (χ2n) is 3.83. The summed E-state index contributed by atoms with van der Waals surface area (Å²) in [5, 5.41) is 12.6. The molecule has 0 spiro atoms.